The summed E-state index contributed by atoms with van der Waals surface area (Å²) < 4.78 is 6.44. The van der Waals surface area contributed by atoms with Crippen LogP contribution in [-0.4, -0.2) is 35.9 Å². The van der Waals surface area contributed by atoms with Gasteiger partial charge >= 0.3 is 0 Å². The number of carbonyl (C=O) groups is 1. The number of hydrogen-bond donors (Lipinski definition) is 1. The van der Waals surface area contributed by atoms with E-state index in [0.29, 0.717) is 46.7 Å². The van der Waals surface area contributed by atoms with Gasteiger partial charge in [0.05, 0.1) is 11.4 Å². The van der Waals surface area contributed by atoms with Crippen molar-refractivity contribution in [2.45, 2.75) is 13.3 Å². The molecule has 0 aliphatic carbocycles. The highest BCUT2D eigenvalue weighted by Gasteiger charge is 2.16. The average molecular weight is 393 g/mol. The first-order valence-electron chi connectivity index (χ1n) is 7.88. The van der Waals surface area contributed by atoms with Crippen LogP contribution in [0.25, 0.3) is 11.8 Å². The third-order valence-corrected chi connectivity index (χ3v) is 4.16. The minimum atomic E-state index is -0.463. The summed E-state index contributed by atoms with van der Waals surface area (Å²) in [4.78, 5) is 12.2. The lowest BCUT2D eigenvalue weighted by Crippen LogP contribution is -2.26. The van der Waals surface area contributed by atoms with Crippen molar-refractivity contribution < 1.29 is 9.53 Å². The average Bonchev–Trinajstić information content (AvgIpc) is 2.90. The number of ether oxygens (including phenoxy) is 1. The number of aromatic nitrogens is 2. The van der Waals surface area contributed by atoms with Gasteiger partial charge < -0.3 is 10.1 Å². The van der Waals surface area contributed by atoms with Gasteiger partial charge in [-0.25, -0.2) is 4.68 Å². The molecule has 2 rings (SSSR count). The van der Waals surface area contributed by atoms with Crippen LogP contribution in [0, 0.1) is 18.3 Å². The first-order valence-corrected chi connectivity index (χ1v) is 8.63. The van der Waals surface area contributed by atoms with E-state index in [1.54, 1.807) is 32.2 Å². The Balaban J connectivity index is 2.28. The second kappa shape index (κ2) is 9.39. The van der Waals surface area contributed by atoms with Crippen molar-refractivity contribution in [1.82, 2.24) is 15.1 Å². The Morgan fingerprint density at radius 3 is 2.88 bits per heavy atom. The Bertz CT molecular complexity index is 869. The molecule has 0 saturated carbocycles. The largest absolute Gasteiger partial charge is 0.385 e. The van der Waals surface area contributed by atoms with Gasteiger partial charge in [0.2, 0.25) is 0 Å². The van der Waals surface area contributed by atoms with Crippen LogP contribution >= 0.6 is 23.2 Å². The number of hydrogen-bond acceptors (Lipinski definition) is 4. The number of nitriles is 1. The van der Waals surface area contributed by atoms with Gasteiger partial charge in [0, 0.05) is 30.8 Å². The predicted molar refractivity (Wildman–Crippen MR) is 101 cm³/mol. The maximum Gasteiger partial charge on any atom is 0.261 e. The fourth-order valence-electron chi connectivity index (χ4n) is 2.26. The molecule has 0 spiro atoms. The molecule has 1 amide bonds. The van der Waals surface area contributed by atoms with Crippen molar-refractivity contribution in [1.29, 1.82) is 5.26 Å². The summed E-state index contributed by atoms with van der Waals surface area (Å²) in [7, 11) is 1.59. The Morgan fingerprint density at radius 2 is 2.23 bits per heavy atom. The zero-order valence-corrected chi connectivity index (χ0v) is 15.9. The third kappa shape index (κ3) is 4.85. The number of aryl methyl sites for hydroxylation is 1. The molecule has 6 nitrogen and oxygen atoms in total. The van der Waals surface area contributed by atoms with Crippen LogP contribution in [-0.2, 0) is 9.53 Å². The second-order valence-corrected chi connectivity index (χ2v) is 6.25. The molecule has 0 fully saturated rings. The second-order valence-electron chi connectivity index (χ2n) is 5.45. The van der Waals surface area contributed by atoms with Crippen LogP contribution in [0.4, 0.5) is 0 Å². The maximum atomic E-state index is 12.2. The lowest BCUT2D eigenvalue weighted by atomic mass is 10.1. The van der Waals surface area contributed by atoms with E-state index in [2.05, 4.69) is 10.4 Å². The molecule has 1 heterocycles. The fourth-order valence-corrected chi connectivity index (χ4v) is 2.77. The lowest BCUT2D eigenvalue weighted by Gasteiger charge is -2.04. The summed E-state index contributed by atoms with van der Waals surface area (Å²) in [5, 5.41) is 17.2. The van der Waals surface area contributed by atoms with Crippen LogP contribution in [0.2, 0.25) is 10.2 Å². The van der Waals surface area contributed by atoms with Gasteiger partial charge in [-0.15, -0.1) is 0 Å². The molecule has 8 heteroatoms. The number of benzene rings is 1. The van der Waals surface area contributed by atoms with Crippen molar-refractivity contribution in [3.63, 3.8) is 0 Å². The molecule has 26 heavy (non-hydrogen) atoms. The topological polar surface area (TPSA) is 79.9 Å². The van der Waals surface area contributed by atoms with E-state index in [0.717, 1.165) is 0 Å². The number of halogens is 2. The SMILES string of the molecule is COCCCNC(=O)/C(C#N)=C/c1c(C)nn(-c2cccc(Cl)c2)c1Cl. The normalized spacial score (nSPS) is 11.3. The smallest absolute Gasteiger partial charge is 0.261 e. The number of methoxy groups -OCH3 is 1. The molecular weight excluding hydrogens is 375 g/mol. The number of nitrogens with zero attached hydrogens (tertiary/aromatic N) is 3. The molecule has 0 radical (unpaired) electrons. The van der Waals surface area contributed by atoms with E-state index in [-0.39, 0.29) is 5.57 Å². The molecular formula is C18H18Cl2N4O2. The van der Waals surface area contributed by atoms with Crippen LogP contribution in [0.1, 0.15) is 17.7 Å². The summed E-state index contributed by atoms with van der Waals surface area (Å²) in [6.45, 7) is 2.70. The number of carbonyl (C=O) groups excluding carboxylic acids is 1. The first kappa shape index (κ1) is 20.0. The van der Waals surface area contributed by atoms with Gasteiger partial charge in [-0.05, 0) is 37.6 Å². The Labute approximate surface area is 162 Å². The zero-order valence-electron chi connectivity index (χ0n) is 14.4. The van der Waals surface area contributed by atoms with Crippen molar-refractivity contribution in [3.8, 4) is 11.8 Å². The van der Waals surface area contributed by atoms with Gasteiger partial charge in [-0.2, -0.15) is 10.4 Å². The predicted octanol–water partition coefficient (Wildman–Crippen LogP) is 3.55. The summed E-state index contributed by atoms with van der Waals surface area (Å²) in [6, 6.07) is 8.97. The van der Waals surface area contributed by atoms with Gasteiger partial charge in [0.25, 0.3) is 5.91 Å². The minimum absolute atomic E-state index is 0.0435. The zero-order chi connectivity index (χ0) is 19.1. The van der Waals surface area contributed by atoms with Gasteiger partial charge in [0.1, 0.15) is 16.8 Å². The van der Waals surface area contributed by atoms with E-state index in [9.17, 15) is 10.1 Å². The number of amides is 1. The highest BCUT2D eigenvalue weighted by Crippen LogP contribution is 2.26. The number of nitrogens with one attached hydrogen (secondary N) is 1. The summed E-state index contributed by atoms with van der Waals surface area (Å²) in [6.07, 6.45) is 2.10. The fraction of sp³-hybridized carbons (Fsp3) is 0.278. The third-order valence-electron chi connectivity index (χ3n) is 3.57. The van der Waals surface area contributed by atoms with Gasteiger partial charge in [-0.1, -0.05) is 29.3 Å². The standard InChI is InChI=1S/C18H18Cl2N4O2/c1-12-16(9-13(11-21)18(25)22-7-4-8-26-2)17(20)24(23-12)15-6-3-5-14(19)10-15/h3,5-6,9-10H,4,7-8H2,1-2H3,(H,22,25)/b13-9+. The monoisotopic (exact) mass is 392 g/mol. The highest BCUT2D eigenvalue weighted by atomic mass is 35.5. The lowest BCUT2D eigenvalue weighted by molar-refractivity contribution is -0.117. The maximum absolute atomic E-state index is 12.2. The van der Waals surface area contributed by atoms with Crippen molar-refractivity contribution >= 4 is 35.2 Å². The van der Waals surface area contributed by atoms with E-state index in [1.165, 1.54) is 10.8 Å². The molecule has 0 saturated heterocycles. The van der Waals surface area contributed by atoms with E-state index in [4.69, 9.17) is 27.9 Å². The van der Waals surface area contributed by atoms with Crippen molar-refractivity contribution in [2.24, 2.45) is 0 Å². The van der Waals surface area contributed by atoms with Crippen LogP contribution in [0.3, 0.4) is 0 Å². The van der Waals surface area contributed by atoms with Crippen LogP contribution < -0.4 is 5.32 Å². The van der Waals surface area contributed by atoms with Crippen molar-refractivity contribution in [3.05, 3.63) is 51.3 Å². The molecule has 1 aromatic carbocycles. The molecule has 2 aromatic rings. The Morgan fingerprint density at radius 1 is 1.46 bits per heavy atom. The highest BCUT2D eigenvalue weighted by molar-refractivity contribution is 6.32. The number of rotatable bonds is 7. The quantitative estimate of drug-likeness (QED) is 0.443. The summed E-state index contributed by atoms with van der Waals surface area (Å²) in [5.74, 6) is -0.463. The Hall–Kier alpha value is -2.33. The first-order chi connectivity index (χ1) is 12.5. The molecule has 0 aliphatic rings. The molecule has 136 valence electrons. The van der Waals surface area contributed by atoms with E-state index in [1.807, 2.05) is 12.1 Å². The molecule has 0 bridgehead atoms. The van der Waals surface area contributed by atoms with Gasteiger partial charge in [-0.3, -0.25) is 4.79 Å². The summed E-state index contributed by atoms with van der Waals surface area (Å²) >= 11 is 12.4. The molecule has 0 unspecified atom stereocenters. The molecule has 1 aromatic heterocycles. The summed E-state index contributed by atoms with van der Waals surface area (Å²) in [5.41, 5.74) is 1.75. The molecule has 0 atom stereocenters. The molecule has 0 aliphatic heterocycles. The Kier molecular flexibility index (Phi) is 7.22. The van der Waals surface area contributed by atoms with Gasteiger partial charge in [0.15, 0.2) is 0 Å². The molecule has 1 N–H and O–H groups in total. The van der Waals surface area contributed by atoms with E-state index < -0.39 is 5.91 Å². The minimum Gasteiger partial charge on any atom is -0.385 e. The van der Waals surface area contributed by atoms with Crippen molar-refractivity contribution in [2.75, 3.05) is 20.3 Å². The van der Waals surface area contributed by atoms with Crippen LogP contribution in [0.15, 0.2) is 29.8 Å². The van der Waals surface area contributed by atoms with E-state index >= 15 is 0 Å². The van der Waals surface area contributed by atoms with Crippen LogP contribution in [0.5, 0.6) is 0 Å².